The highest BCUT2D eigenvalue weighted by molar-refractivity contribution is 7.99. The summed E-state index contributed by atoms with van der Waals surface area (Å²) in [7, 11) is 1.72. The molecular weight excluding hydrogens is 250 g/mol. The molecule has 0 amide bonds. The van der Waals surface area contributed by atoms with E-state index in [9.17, 15) is 4.79 Å². The third kappa shape index (κ3) is 8.78. The SMILES string of the molecule is CCOC(=O)C(C)(N)CCCCSCCCOC. The van der Waals surface area contributed by atoms with Crippen LogP contribution in [0.3, 0.4) is 0 Å². The summed E-state index contributed by atoms with van der Waals surface area (Å²) in [6, 6.07) is 0. The Labute approximate surface area is 115 Å². The number of esters is 1. The fourth-order valence-corrected chi connectivity index (χ4v) is 2.44. The smallest absolute Gasteiger partial charge is 0.325 e. The lowest BCUT2D eigenvalue weighted by atomic mass is 9.96. The van der Waals surface area contributed by atoms with Crippen LogP contribution in [-0.4, -0.2) is 43.3 Å². The molecular formula is C13H27NO3S. The van der Waals surface area contributed by atoms with E-state index >= 15 is 0 Å². The molecule has 0 rings (SSSR count). The zero-order valence-electron chi connectivity index (χ0n) is 11.9. The van der Waals surface area contributed by atoms with Gasteiger partial charge in [0.25, 0.3) is 0 Å². The number of hydrogen-bond donors (Lipinski definition) is 1. The van der Waals surface area contributed by atoms with Crippen molar-refractivity contribution >= 4 is 17.7 Å². The minimum absolute atomic E-state index is 0.294. The normalized spacial score (nSPS) is 14.2. The van der Waals surface area contributed by atoms with Crippen LogP contribution < -0.4 is 5.73 Å². The van der Waals surface area contributed by atoms with Crippen molar-refractivity contribution < 1.29 is 14.3 Å². The van der Waals surface area contributed by atoms with Crippen molar-refractivity contribution in [1.82, 2.24) is 0 Å². The molecule has 4 nitrogen and oxygen atoms in total. The van der Waals surface area contributed by atoms with Crippen LogP contribution in [-0.2, 0) is 14.3 Å². The van der Waals surface area contributed by atoms with Crippen molar-refractivity contribution in [2.45, 2.75) is 45.1 Å². The van der Waals surface area contributed by atoms with E-state index in [1.807, 2.05) is 11.8 Å². The molecule has 0 aliphatic rings. The van der Waals surface area contributed by atoms with Crippen LogP contribution >= 0.6 is 11.8 Å². The largest absolute Gasteiger partial charge is 0.465 e. The first kappa shape index (κ1) is 17.7. The number of carbonyl (C=O) groups is 1. The Morgan fingerprint density at radius 1 is 1.28 bits per heavy atom. The van der Waals surface area contributed by atoms with E-state index in [1.54, 1.807) is 21.0 Å². The highest BCUT2D eigenvalue weighted by Gasteiger charge is 2.28. The quantitative estimate of drug-likeness (QED) is 0.463. The van der Waals surface area contributed by atoms with Crippen LogP contribution in [0.4, 0.5) is 0 Å². The van der Waals surface area contributed by atoms with Crippen LogP contribution in [0.5, 0.6) is 0 Å². The third-order valence-electron chi connectivity index (χ3n) is 2.61. The van der Waals surface area contributed by atoms with Crippen LogP contribution in [0.2, 0.25) is 0 Å². The monoisotopic (exact) mass is 277 g/mol. The maximum Gasteiger partial charge on any atom is 0.325 e. The minimum atomic E-state index is -0.837. The fourth-order valence-electron chi connectivity index (χ4n) is 1.50. The summed E-state index contributed by atoms with van der Waals surface area (Å²) in [5.41, 5.74) is 5.09. The van der Waals surface area contributed by atoms with Gasteiger partial charge in [0.15, 0.2) is 0 Å². The van der Waals surface area contributed by atoms with Gasteiger partial charge < -0.3 is 15.2 Å². The van der Waals surface area contributed by atoms with Gasteiger partial charge in [-0.15, -0.1) is 0 Å². The van der Waals surface area contributed by atoms with Crippen molar-refractivity contribution in [3.8, 4) is 0 Å². The van der Waals surface area contributed by atoms with Gasteiger partial charge in [-0.1, -0.05) is 6.42 Å². The van der Waals surface area contributed by atoms with Crippen molar-refractivity contribution in [3.63, 3.8) is 0 Å². The summed E-state index contributed by atoms with van der Waals surface area (Å²) in [5.74, 6) is 1.95. The van der Waals surface area contributed by atoms with Gasteiger partial charge in [0.05, 0.1) is 6.61 Å². The maximum atomic E-state index is 11.5. The van der Waals surface area contributed by atoms with E-state index in [-0.39, 0.29) is 5.97 Å². The van der Waals surface area contributed by atoms with Crippen molar-refractivity contribution in [2.75, 3.05) is 31.8 Å². The van der Waals surface area contributed by atoms with Gasteiger partial charge in [0, 0.05) is 13.7 Å². The predicted molar refractivity (Wildman–Crippen MR) is 76.9 cm³/mol. The molecule has 0 heterocycles. The summed E-state index contributed by atoms with van der Waals surface area (Å²) in [6.07, 6.45) is 3.83. The highest BCUT2D eigenvalue weighted by atomic mass is 32.2. The van der Waals surface area contributed by atoms with Crippen LogP contribution in [0.25, 0.3) is 0 Å². The van der Waals surface area contributed by atoms with Crippen LogP contribution in [0.1, 0.15) is 39.5 Å². The van der Waals surface area contributed by atoms with E-state index < -0.39 is 5.54 Å². The van der Waals surface area contributed by atoms with Gasteiger partial charge in [-0.2, -0.15) is 11.8 Å². The lowest BCUT2D eigenvalue weighted by Crippen LogP contribution is -2.46. The highest BCUT2D eigenvalue weighted by Crippen LogP contribution is 2.15. The number of hydrogen-bond acceptors (Lipinski definition) is 5. The van der Waals surface area contributed by atoms with Gasteiger partial charge in [0.1, 0.15) is 5.54 Å². The van der Waals surface area contributed by atoms with E-state index in [4.69, 9.17) is 15.2 Å². The molecule has 0 radical (unpaired) electrons. The molecule has 0 bridgehead atoms. The molecule has 5 heteroatoms. The van der Waals surface area contributed by atoms with E-state index in [0.717, 1.165) is 37.4 Å². The lowest BCUT2D eigenvalue weighted by molar-refractivity contribution is -0.149. The first-order chi connectivity index (χ1) is 8.54. The molecule has 0 saturated heterocycles. The molecule has 108 valence electrons. The summed E-state index contributed by atoms with van der Waals surface area (Å²) in [4.78, 5) is 11.5. The van der Waals surface area contributed by atoms with E-state index in [1.165, 1.54) is 0 Å². The van der Waals surface area contributed by atoms with Crippen molar-refractivity contribution in [2.24, 2.45) is 5.73 Å². The molecule has 0 aliphatic heterocycles. The zero-order valence-corrected chi connectivity index (χ0v) is 12.7. The second-order valence-electron chi connectivity index (χ2n) is 4.55. The number of methoxy groups -OCH3 is 1. The van der Waals surface area contributed by atoms with Crippen LogP contribution in [0.15, 0.2) is 0 Å². The van der Waals surface area contributed by atoms with Crippen molar-refractivity contribution in [1.29, 1.82) is 0 Å². The van der Waals surface area contributed by atoms with Gasteiger partial charge in [-0.25, -0.2) is 0 Å². The summed E-state index contributed by atoms with van der Waals surface area (Å²) in [6.45, 7) is 4.76. The Morgan fingerprint density at radius 3 is 2.56 bits per heavy atom. The first-order valence-corrected chi connectivity index (χ1v) is 7.73. The molecule has 18 heavy (non-hydrogen) atoms. The molecule has 0 saturated carbocycles. The van der Waals surface area contributed by atoms with Gasteiger partial charge >= 0.3 is 5.97 Å². The summed E-state index contributed by atoms with van der Waals surface area (Å²) in [5, 5.41) is 0. The average Bonchev–Trinajstić information content (AvgIpc) is 2.33. The number of nitrogens with two attached hydrogens (primary N) is 1. The number of thioether (sulfide) groups is 1. The third-order valence-corrected chi connectivity index (χ3v) is 3.77. The molecule has 1 atom stereocenters. The van der Waals surface area contributed by atoms with Gasteiger partial charge in [-0.05, 0) is 44.6 Å². The number of rotatable bonds is 11. The molecule has 0 aliphatic carbocycles. The van der Waals surface area contributed by atoms with Gasteiger partial charge in [-0.3, -0.25) is 4.79 Å². The Bertz CT molecular complexity index is 222. The Kier molecular flexibility index (Phi) is 10.5. The molecule has 2 N–H and O–H groups in total. The number of unbranched alkanes of at least 4 members (excludes halogenated alkanes) is 1. The topological polar surface area (TPSA) is 61.5 Å². The molecule has 0 aromatic rings. The second-order valence-corrected chi connectivity index (χ2v) is 5.78. The zero-order chi connectivity index (χ0) is 13.9. The molecule has 0 spiro atoms. The molecule has 0 fully saturated rings. The number of carbonyl (C=O) groups excluding carboxylic acids is 1. The molecule has 0 aromatic carbocycles. The first-order valence-electron chi connectivity index (χ1n) is 6.57. The fraction of sp³-hybridized carbons (Fsp3) is 0.923. The molecule has 1 unspecified atom stereocenters. The predicted octanol–water partition coefficient (Wildman–Crippen LogP) is 2.21. The lowest BCUT2D eigenvalue weighted by Gasteiger charge is -2.21. The van der Waals surface area contributed by atoms with Crippen molar-refractivity contribution in [3.05, 3.63) is 0 Å². The standard InChI is InChI=1S/C13H27NO3S/c1-4-17-12(15)13(2,14)8-5-6-10-18-11-7-9-16-3/h4-11,14H2,1-3H3. The Hall–Kier alpha value is -0.260. The maximum absolute atomic E-state index is 11.5. The number of ether oxygens (including phenoxy) is 2. The average molecular weight is 277 g/mol. The second kappa shape index (κ2) is 10.6. The van der Waals surface area contributed by atoms with Crippen LogP contribution in [0, 0.1) is 0 Å². The minimum Gasteiger partial charge on any atom is -0.465 e. The Balaban J connectivity index is 3.49. The van der Waals surface area contributed by atoms with Gasteiger partial charge in [0.2, 0.25) is 0 Å². The van der Waals surface area contributed by atoms with E-state index in [0.29, 0.717) is 13.0 Å². The summed E-state index contributed by atoms with van der Waals surface area (Å²) < 4.78 is 9.93. The van der Waals surface area contributed by atoms with E-state index in [2.05, 4.69) is 0 Å². The summed E-state index contributed by atoms with van der Waals surface area (Å²) >= 11 is 1.93. The Morgan fingerprint density at radius 2 is 1.94 bits per heavy atom. The molecule has 0 aromatic heterocycles.